The summed E-state index contributed by atoms with van der Waals surface area (Å²) in [4.78, 5) is 11.8. The molecule has 7 heteroatoms. The Balaban J connectivity index is 2.09. The van der Waals surface area contributed by atoms with Crippen LogP contribution in [-0.2, 0) is 0 Å². The van der Waals surface area contributed by atoms with E-state index in [2.05, 4.69) is 10.5 Å². The first-order valence-electron chi connectivity index (χ1n) is 5.84. The van der Waals surface area contributed by atoms with Gasteiger partial charge in [-0.2, -0.15) is 5.10 Å². The lowest BCUT2D eigenvalue weighted by atomic mass is 10.2. The molecule has 108 valence electrons. The number of nitrogens with zero attached hydrogens (tertiary/aromatic N) is 1. The predicted octanol–water partition coefficient (Wildman–Crippen LogP) is 3.05. The summed E-state index contributed by atoms with van der Waals surface area (Å²) in [5, 5.41) is 13.9. The summed E-state index contributed by atoms with van der Waals surface area (Å²) in [6.07, 6.45) is 1.25. The average molecular weight is 324 g/mol. The van der Waals surface area contributed by atoms with E-state index in [0.29, 0.717) is 21.8 Å². The highest BCUT2D eigenvalue weighted by Crippen LogP contribution is 2.29. The third-order valence-corrected chi connectivity index (χ3v) is 3.11. The standard InChI is InChI=1S/C14H11Cl2N3O2/c15-10-5-9(13(20)12(16)6-10)7-18-19-14(21)8-1-3-11(17)4-2-8/h1-7,20H,17H2,(H,19,21)/b18-7+. The number of phenolic OH excluding ortho intramolecular Hbond substituents is 1. The summed E-state index contributed by atoms with van der Waals surface area (Å²) in [6.45, 7) is 0. The molecule has 2 aromatic rings. The number of nitrogens with two attached hydrogens (primary N) is 1. The molecule has 0 spiro atoms. The van der Waals surface area contributed by atoms with Gasteiger partial charge in [-0.15, -0.1) is 0 Å². The third-order valence-electron chi connectivity index (χ3n) is 2.60. The number of hydrazone groups is 1. The molecule has 0 aromatic heterocycles. The van der Waals surface area contributed by atoms with E-state index in [9.17, 15) is 9.90 Å². The van der Waals surface area contributed by atoms with Crippen molar-refractivity contribution in [3.05, 3.63) is 57.6 Å². The molecule has 0 aliphatic heterocycles. The molecule has 4 N–H and O–H groups in total. The van der Waals surface area contributed by atoms with E-state index in [4.69, 9.17) is 28.9 Å². The van der Waals surface area contributed by atoms with Crippen LogP contribution < -0.4 is 11.2 Å². The van der Waals surface area contributed by atoms with Gasteiger partial charge in [0.15, 0.2) is 0 Å². The topological polar surface area (TPSA) is 87.7 Å². The first kappa shape index (κ1) is 15.2. The molecule has 5 nitrogen and oxygen atoms in total. The van der Waals surface area contributed by atoms with Crippen LogP contribution in [0.4, 0.5) is 5.69 Å². The molecular weight excluding hydrogens is 313 g/mol. The minimum atomic E-state index is -0.404. The van der Waals surface area contributed by atoms with Crippen molar-refractivity contribution in [2.45, 2.75) is 0 Å². The van der Waals surface area contributed by atoms with Gasteiger partial charge in [0.25, 0.3) is 5.91 Å². The predicted molar refractivity (Wildman–Crippen MR) is 84.0 cm³/mol. The Bertz CT molecular complexity index is 700. The summed E-state index contributed by atoms with van der Waals surface area (Å²) >= 11 is 11.6. The Morgan fingerprint density at radius 2 is 1.90 bits per heavy atom. The number of aromatic hydroxyl groups is 1. The van der Waals surface area contributed by atoms with Crippen molar-refractivity contribution >= 4 is 41.0 Å². The summed E-state index contributed by atoms with van der Waals surface area (Å²) in [5.41, 5.74) is 9.13. The Labute approximate surface area is 131 Å². The number of rotatable bonds is 3. The molecule has 0 unspecified atom stereocenters. The van der Waals surface area contributed by atoms with Crippen molar-refractivity contribution in [3.63, 3.8) is 0 Å². The van der Waals surface area contributed by atoms with Crippen LogP contribution in [0.15, 0.2) is 41.5 Å². The van der Waals surface area contributed by atoms with Gasteiger partial charge in [-0.05, 0) is 36.4 Å². The monoisotopic (exact) mass is 323 g/mol. The summed E-state index contributed by atoms with van der Waals surface area (Å²) in [7, 11) is 0. The fourth-order valence-electron chi connectivity index (χ4n) is 1.54. The zero-order valence-electron chi connectivity index (χ0n) is 10.7. The molecule has 2 aromatic carbocycles. The molecule has 0 atom stereocenters. The Hall–Kier alpha value is -2.24. The fourth-order valence-corrected chi connectivity index (χ4v) is 2.05. The highest BCUT2D eigenvalue weighted by Gasteiger charge is 2.07. The molecule has 0 saturated heterocycles. The van der Waals surface area contributed by atoms with Gasteiger partial charge >= 0.3 is 0 Å². The highest BCUT2D eigenvalue weighted by atomic mass is 35.5. The molecule has 0 fully saturated rings. The molecule has 0 radical (unpaired) electrons. The minimum Gasteiger partial charge on any atom is -0.506 e. The molecule has 0 bridgehead atoms. The Kier molecular flexibility index (Phi) is 4.67. The van der Waals surface area contributed by atoms with Gasteiger partial charge in [0.05, 0.1) is 11.2 Å². The first-order valence-corrected chi connectivity index (χ1v) is 6.60. The number of benzene rings is 2. The zero-order chi connectivity index (χ0) is 15.4. The number of carbonyl (C=O) groups excluding carboxylic acids is 1. The number of nitrogens with one attached hydrogen (secondary N) is 1. The number of amides is 1. The van der Waals surface area contributed by atoms with Crippen molar-refractivity contribution < 1.29 is 9.90 Å². The van der Waals surface area contributed by atoms with Gasteiger partial charge in [-0.1, -0.05) is 23.2 Å². The SMILES string of the molecule is Nc1ccc(C(=O)N/N=C/c2cc(Cl)cc(Cl)c2O)cc1. The van der Waals surface area contributed by atoms with Gasteiger partial charge in [0, 0.05) is 21.8 Å². The minimum absolute atomic E-state index is 0.105. The molecular formula is C14H11Cl2N3O2. The van der Waals surface area contributed by atoms with Crippen LogP contribution in [0, 0.1) is 0 Å². The Morgan fingerprint density at radius 1 is 1.24 bits per heavy atom. The van der Waals surface area contributed by atoms with Crippen molar-refractivity contribution in [2.24, 2.45) is 5.10 Å². The molecule has 0 heterocycles. The number of nitrogen functional groups attached to an aromatic ring is 1. The van der Waals surface area contributed by atoms with E-state index in [0.717, 1.165) is 0 Å². The number of phenols is 1. The Morgan fingerprint density at radius 3 is 2.57 bits per heavy atom. The van der Waals surface area contributed by atoms with Crippen LogP contribution in [0.5, 0.6) is 5.75 Å². The van der Waals surface area contributed by atoms with E-state index in [1.165, 1.54) is 18.3 Å². The molecule has 21 heavy (non-hydrogen) atoms. The lowest BCUT2D eigenvalue weighted by Crippen LogP contribution is -2.17. The maximum Gasteiger partial charge on any atom is 0.271 e. The van der Waals surface area contributed by atoms with Crippen molar-refractivity contribution in [1.29, 1.82) is 0 Å². The third kappa shape index (κ3) is 3.87. The number of hydrogen-bond acceptors (Lipinski definition) is 4. The summed E-state index contributed by atoms with van der Waals surface area (Å²) < 4.78 is 0. The van der Waals surface area contributed by atoms with E-state index in [-0.39, 0.29) is 10.8 Å². The smallest absolute Gasteiger partial charge is 0.271 e. The molecule has 2 rings (SSSR count). The van der Waals surface area contributed by atoms with Crippen molar-refractivity contribution in [2.75, 3.05) is 5.73 Å². The van der Waals surface area contributed by atoms with E-state index in [1.807, 2.05) is 0 Å². The number of anilines is 1. The van der Waals surface area contributed by atoms with Crippen LogP contribution in [0.25, 0.3) is 0 Å². The van der Waals surface area contributed by atoms with Crippen LogP contribution >= 0.6 is 23.2 Å². The van der Waals surface area contributed by atoms with Gasteiger partial charge in [0.2, 0.25) is 0 Å². The largest absolute Gasteiger partial charge is 0.506 e. The second-order valence-corrected chi connectivity index (χ2v) is 4.99. The van der Waals surface area contributed by atoms with Gasteiger partial charge < -0.3 is 10.8 Å². The number of carbonyl (C=O) groups is 1. The quantitative estimate of drug-likeness (QED) is 0.461. The van der Waals surface area contributed by atoms with Crippen LogP contribution in [0.3, 0.4) is 0 Å². The van der Waals surface area contributed by atoms with Crippen molar-refractivity contribution in [1.82, 2.24) is 5.43 Å². The van der Waals surface area contributed by atoms with E-state index < -0.39 is 5.91 Å². The van der Waals surface area contributed by atoms with Gasteiger partial charge in [-0.3, -0.25) is 4.79 Å². The van der Waals surface area contributed by atoms with Crippen molar-refractivity contribution in [3.8, 4) is 5.75 Å². The first-order chi connectivity index (χ1) is 9.97. The summed E-state index contributed by atoms with van der Waals surface area (Å²) in [5.74, 6) is -0.564. The van der Waals surface area contributed by atoms with Gasteiger partial charge in [0.1, 0.15) is 5.75 Å². The van der Waals surface area contributed by atoms with E-state index in [1.54, 1.807) is 24.3 Å². The second kappa shape index (κ2) is 6.47. The zero-order valence-corrected chi connectivity index (χ0v) is 12.2. The fraction of sp³-hybridized carbons (Fsp3) is 0. The highest BCUT2D eigenvalue weighted by molar-refractivity contribution is 6.36. The lowest BCUT2D eigenvalue weighted by Gasteiger charge is -2.03. The maximum absolute atomic E-state index is 11.8. The average Bonchev–Trinajstić information content (AvgIpc) is 2.44. The lowest BCUT2D eigenvalue weighted by molar-refractivity contribution is 0.0955. The van der Waals surface area contributed by atoms with E-state index >= 15 is 0 Å². The molecule has 1 amide bonds. The molecule has 0 saturated carbocycles. The maximum atomic E-state index is 11.8. The van der Waals surface area contributed by atoms with Crippen LogP contribution in [0.2, 0.25) is 10.0 Å². The normalized spacial score (nSPS) is 10.8. The summed E-state index contributed by atoms with van der Waals surface area (Å²) in [6, 6.07) is 9.26. The number of halogens is 2. The number of hydrogen-bond donors (Lipinski definition) is 3. The molecule has 0 aliphatic rings. The second-order valence-electron chi connectivity index (χ2n) is 4.15. The van der Waals surface area contributed by atoms with Crippen LogP contribution in [0.1, 0.15) is 15.9 Å². The van der Waals surface area contributed by atoms with Gasteiger partial charge in [-0.25, -0.2) is 5.43 Å². The van der Waals surface area contributed by atoms with Crippen LogP contribution in [-0.4, -0.2) is 17.2 Å². The molecule has 0 aliphatic carbocycles.